The first-order valence-corrected chi connectivity index (χ1v) is 9.35. The quantitative estimate of drug-likeness (QED) is 0.672. The molecule has 140 valence electrons. The van der Waals surface area contributed by atoms with Gasteiger partial charge in [0.05, 0.1) is 29.9 Å². The second kappa shape index (κ2) is 8.58. The van der Waals surface area contributed by atoms with Crippen LogP contribution in [-0.4, -0.2) is 33.6 Å². The topological polar surface area (TPSA) is 33.1 Å². The summed E-state index contributed by atoms with van der Waals surface area (Å²) in [5, 5.41) is 3.45. The van der Waals surface area contributed by atoms with Gasteiger partial charge in [-0.2, -0.15) is 0 Å². The smallest absolute Gasteiger partial charge is 0.0962 e. The summed E-state index contributed by atoms with van der Waals surface area (Å²) in [7, 11) is 0. The fourth-order valence-electron chi connectivity index (χ4n) is 3.62. The lowest BCUT2D eigenvalue weighted by Crippen LogP contribution is -2.36. The molecule has 1 fully saturated rings. The summed E-state index contributed by atoms with van der Waals surface area (Å²) >= 11 is 0. The summed E-state index contributed by atoms with van der Waals surface area (Å²) in [6.07, 6.45) is 9.71. The van der Waals surface area contributed by atoms with Crippen LogP contribution in [0.4, 0.5) is 0 Å². The average Bonchev–Trinajstić information content (AvgIpc) is 3.32. The van der Waals surface area contributed by atoms with Gasteiger partial charge in [0.1, 0.15) is 0 Å². The number of imidazole rings is 1. The molecule has 4 nitrogen and oxygen atoms in total. The Morgan fingerprint density at radius 3 is 2.85 bits per heavy atom. The van der Waals surface area contributed by atoms with Crippen LogP contribution in [0.5, 0.6) is 0 Å². The molecule has 1 unspecified atom stereocenters. The number of rotatable bonds is 9. The molecule has 2 aromatic rings. The monoisotopic (exact) mass is 360 g/mol. The van der Waals surface area contributed by atoms with E-state index in [1.807, 2.05) is 36.7 Å². The van der Waals surface area contributed by atoms with E-state index < -0.39 is 0 Å². The highest BCUT2D eigenvalue weighted by Crippen LogP contribution is 2.26. The Bertz CT molecular complexity index is 887. The van der Waals surface area contributed by atoms with Gasteiger partial charge in [0.25, 0.3) is 0 Å². The molecule has 27 heavy (non-hydrogen) atoms. The molecular formula is C23H28N4. The third kappa shape index (κ3) is 4.22. The van der Waals surface area contributed by atoms with E-state index in [9.17, 15) is 0 Å². The molecule has 1 aromatic carbocycles. The Kier molecular flexibility index (Phi) is 5.97. The minimum Gasteiger partial charge on any atom is -0.383 e. The standard InChI is InChI=1S/C23H28N4/c1-5-10-20(6-2)15-24-19(4)22-13-9-14-27(22)18(3)16-26-17-25-21-11-7-8-12-23(21)26/h5-8,10-12,17,22,24H,1-4,9,13-16H2/b20-10+. The van der Waals surface area contributed by atoms with Gasteiger partial charge >= 0.3 is 0 Å². The lowest BCUT2D eigenvalue weighted by Gasteiger charge is -2.31. The molecule has 2 heterocycles. The highest BCUT2D eigenvalue weighted by atomic mass is 15.2. The van der Waals surface area contributed by atoms with Crippen LogP contribution < -0.4 is 5.32 Å². The Morgan fingerprint density at radius 2 is 2.07 bits per heavy atom. The maximum Gasteiger partial charge on any atom is 0.0962 e. The molecule has 0 radical (unpaired) electrons. The molecule has 0 amide bonds. The molecule has 0 aliphatic carbocycles. The fourth-order valence-corrected chi connectivity index (χ4v) is 3.62. The molecule has 1 aliphatic heterocycles. The van der Waals surface area contributed by atoms with Crippen molar-refractivity contribution in [3.05, 3.63) is 92.1 Å². The highest BCUT2D eigenvalue weighted by molar-refractivity contribution is 5.75. The molecule has 0 bridgehead atoms. The van der Waals surface area contributed by atoms with Crippen LogP contribution >= 0.6 is 0 Å². The van der Waals surface area contributed by atoms with Crippen molar-refractivity contribution in [1.29, 1.82) is 0 Å². The van der Waals surface area contributed by atoms with Crippen LogP contribution in [0.1, 0.15) is 12.8 Å². The summed E-state index contributed by atoms with van der Waals surface area (Å²) < 4.78 is 2.16. The van der Waals surface area contributed by atoms with Gasteiger partial charge in [-0.05, 0) is 30.5 Å². The summed E-state index contributed by atoms with van der Waals surface area (Å²) in [4.78, 5) is 6.85. The number of hydrogen-bond acceptors (Lipinski definition) is 3. The SMILES string of the molecule is C=C/C=C(\C=C)CNC(=C)C1CCCN1C(=C)Cn1cnc2ccccc21. The van der Waals surface area contributed by atoms with Gasteiger partial charge in [0.15, 0.2) is 0 Å². The number of nitrogens with zero attached hydrogens (tertiary/aromatic N) is 3. The van der Waals surface area contributed by atoms with E-state index in [-0.39, 0.29) is 6.04 Å². The van der Waals surface area contributed by atoms with Crippen LogP contribution in [0.25, 0.3) is 11.0 Å². The van der Waals surface area contributed by atoms with Gasteiger partial charge in [0.2, 0.25) is 0 Å². The first kappa shape index (κ1) is 18.8. The van der Waals surface area contributed by atoms with E-state index in [4.69, 9.17) is 0 Å². The Hall–Kier alpha value is -3.01. The normalized spacial score (nSPS) is 17.1. The molecule has 1 atom stereocenters. The third-order valence-electron chi connectivity index (χ3n) is 5.06. The van der Waals surface area contributed by atoms with Crippen molar-refractivity contribution in [2.45, 2.75) is 25.4 Å². The lowest BCUT2D eigenvalue weighted by molar-refractivity contribution is 0.329. The number of aromatic nitrogens is 2. The van der Waals surface area contributed by atoms with Crippen molar-refractivity contribution < 1.29 is 0 Å². The molecule has 1 aliphatic rings. The average molecular weight is 361 g/mol. The van der Waals surface area contributed by atoms with E-state index >= 15 is 0 Å². The molecule has 1 aromatic heterocycles. The molecule has 0 spiro atoms. The van der Waals surface area contributed by atoms with Gasteiger partial charge in [-0.3, -0.25) is 0 Å². The van der Waals surface area contributed by atoms with Gasteiger partial charge in [-0.25, -0.2) is 4.98 Å². The number of likely N-dealkylation sites (tertiary alicyclic amines) is 1. The maximum absolute atomic E-state index is 4.48. The fraction of sp³-hybridized carbons (Fsp3) is 0.261. The zero-order chi connectivity index (χ0) is 19.2. The predicted molar refractivity (Wildman–Crippen MR) is 114 cm³/mol. The van der Waals surface area contributed by atoms with Crippen molar-refractivity contribution in [3.63, 3.8) is 0 Å². The van der Waals surface area contributed by atoms with Crippen LogP contribution in [0.15, 0.2) is 92.1 Å². The van der Waals surface area contributed by atoms with Gasteiger partial charge in [-0.15, -0.1) is 0 Å². The minimum absolute atomic E-state index is 0.266. The van der Waals surface area contributed by atoms with E-state index in [0.29, 0.717) is 6.54 Å². The maximum atomic E-state index is 4.48. The van der Waals surface area contributed by atoms with E-state index in [0.717, 1.165) is 53.9 Å². The summed E-state index contributed by atoms with van der Waals surface area (Å²) in [5.41, 5.74) is 5.37. The molecule has 3 rings (SSSR count). The van der Waals surface area contributed by atoms with Crippen molar-refractivity contribution >= 4 is 11.0 Å². The first-order valence-electron chi connectivity index (χ1n) is 9.35. The Labute approximate surface area is 161 Å². The number of fused-ring (bicyclic) bond motifs is 1. The van der Waals surface area contributed by atoms with Crippen LogP contribution in [0, 0.1) is 0 Å². The molecule has 4 heteroatoms. The summed E-state index contributed by atoms with van der Waals surface area (Å²) in [5.74, 6) is 0. The van der Waals surface area contributed by atoms with Crippen LogP contribution in [0.2, 0.25) is 0 Å². The number of benzene rings is 1. The van der Waals surface area contributed by atoms with Gasteiger partial charge in [-0.1, -0.05) is 56.7 Å². The largest absolute Gasteiger partial charge is 0.383 e. The number of allylic oxidation sites excluding steroid dienone is 3. The zero-order valence-electron chi connectivity index (χ0n) is 15.9. The number of hydrogen-bond donors (Lipinski definition) is 1. The minimum atomic E-state index is 0.266. The second-order valence-corrected chi connectivity index (χ2v) is 6.84. The van der Waals surface area contributed by atoms with Crippen LogP contribution in [-0.2, 0) is 6.54 Å². The molecule has 1 N–H and O–H groups in total. The Balaban J connectivity index is 1.65. The number of nitrogens with one attached hydrogen (secondary N) is 1. The highest BCUT2D eigenvalue weighted by Gasteiger charge is 2.27. The number of para-hydroxylation sites is 2. The molecular weight excluding hydrogens is 332 g/mol. The van der Waals surface area contributed by atoms with Crippen molar-refractivity contribution in [3.8, 4) is 0 Å². The summed E-state index contributed by atoms with van der Waals surface area (Å²) in [6.45, 7) is 18.7. The first-order chi connectivity index (χ1) is 13.1. The second-order valence-electron chi connectivity index (χ2n) is 6.84. The molecule has 0 saturated carbocycles. The van der Waals surface area contributed by atoms with Gasteiger partial charge in [0, 0.05) is 24.5 Å². The lowest BCUT2D eigenvalue weighted by atomic mass is 10.1. The van der Waals surface area contributed by atoms with Crippen LogP contribution in [0.3, 0.4) is 0 Å². The van der Waals surface area contributed by atoms with E-state index in [2.05, 4.69) is 52.1 Å². The van der Waals surface area contributed by atoms with E-state index in [1.54, 1.807) is 6.08 Å². The predicted octanol–water partition coefficient (Wildman–Crippen LogP) is 4.42. The van der Waals surface area contributed by atoms with Crippen molar-refractivity contribution in [1.82, 2.24) is 19.8 Å². The van der Waals surface area contributed by atoms with E-state index in [1.165, 1.54) is 0 Å². The third-order valence-corrected chi connectivity index (χ3v) is 5.06. The van der Waals surface area contributed by atoms with Gasteiger partial charge < -0.3 is 14.8 Å². The zero-order valence-corrected chi connectivity index (χ0v) is 15.9. The Morgan fingerprint density at radius 1 is 1.26 bits per heavy atom. The van der Waals surface area contributed by atoms with Crippen molar-refractivity contribution in [2.24, 2.45) is 0 Å². The van der Waals surface area contributed by atoms with Crippen molar-refractivity contribution in [2.75, 3.05) is 13.1 Å². The molecule has 1 saturated heterocycles. The summed E-state index contributed by atoms with van der Waals surface area (Å²) in [6, 6.07) is 8.45.